The lowest BCUT2D eigenvalue weighted by atomic mass is 9.96. The Labute approximate surface area is 123 Å². The van der Waals surface area contributed by atoms with Crippen molar-refractivity contribution in [2.75, 3.05) is 0 Å². The topological polar surface area (TPSA) is 93.8 Å². The standard InChI is InChI=1S/C11H13N5O2S2/c17-9(18)8-6-12-11(19-8)20-10-13-14-15-16(10)7-4-2-1-3-5-7/h6-7H,1-5H2,(H,17,18). The summed E-state index contributed by atoms with van der Waals surface area (Å²) in [4.78, 5) is 15.2. The highest BCUT2D eigenvalue weighted by molar-refractivity contribution is 8.00. The molecule has 1 N–H and O–H groups in total. The molecule has 0 unspecified atom stereocenters. The predicted molar refractivity (Wildman–Crippen MR) is 73.1 cm³/mol. The SMILES string of the molecule is O=C(O)c1cnc(Sc2nnnn2C2CCCCC2)s1. The summed E-state index contributed by atoms with van der Waals surface area (Å²) in [7, 11) is 0. The van der Waals surface area contributed by atoms with Crippen molar-refractivity contribution in [2.24, 2.45) is 0 Å². The Hall–Kier alpha value is -1.48. The Morgan fingerprint density at radius 1 is 1.40 bits per heavy atom. The number of carbonyl (C=O) groups is 1. The van der Waals surface area contributed by atoms with Gasteiger partial charge in [0.25, 0.3) is 0 Å². The molecule has 1 aliphatic carbocycles. The maximum absolute atomic E-state index is 10.8. The number of rotatable bonds is 4. The van der Waals surface area contributed by atoms with Gasteiger partial charge in [-0.25, -0.2) is 14.5 Å². The zero-order valence-electron chi connectivity index (χ0n) is 10.6. The first kappa shape index (κ1) is 13.5. The smallest absolute Gasteiger partial charge is 0.347 e. The zero-order valence-corrected chi connectivity index (χ0v) is 12.2. The molecule has 0 radical (unpaired) electrons. The second-order valence-electron chi connectivity index (χ2n) is 4.60. The summed E-state index contributed by atoms with van der Waals surface area (Å²) < 4.78 is 2.50. The predicted octanol–water partition coefficient (Wildman–Crippen LogP) is 2.48. The van der Waals surface area contributed by atoms with E-state index in [0.29, 0.717) is 15.5 Å². The molecule has 0 amide bonds. The molecule has 106 valence electrons. The van der Waals surface area contributed by atoms with Crippen LogP contribution >= 0.6 is 23.1 Å². The van der Waals surface area contributed by atoms with Gasteiger partial charge >= 0.3 is 5.97 Å². The first-order valence-corrected chi connectivity index (χ1v) is 8.02. The van der Waals surface area contributed by atoms with Crippen LogP contribution in [0.15, 0.2) is 15.7 Å². The summed E-state index contributed by atoms with van der Waals surface area (Å²) in [6, 6.07) is 0.347. The summed E-state index contributed by atoms with van der Waals surface area (Å²) in [5.41, 5.74) is 0. The van der Waals surface area contributed by atoms with Gasteiger partial charge in [0.05, 0.1) is 12.2 Å². The lowest BCUT2D eigenvalue weighted by Gasteiger charge is -2.21. The van der Waals surface area contributed by atoms with Gasteiger partial charge in [-0.05, 0) is 35.0 Å². The van der Waals surface area contributed by atoms with Crippen molar-refractivity contribution >= 4 is 29.1 Å². The molecule has 0 saturated heterocycles. The molecule has 2 aromatic rings. The average Bonchev–Trinajstić information content (AvgIpc) is 3.09. The Morgan fingerprint density at radius 2 is 2.20 bits per heavy atom. The number of hydrogen-bond acceptors (Lipinski definition) is 7. The van der Waals surface area contributed by atoms with E-state index in [9.17, 15) is 4.79 Å². The maximum Gasteiger partial charge on any atom is 0.347 e. The molecule has 0 aliphatic heterocycles. The Kier molecular flexibility index (Phi) is 3.97. The molecule has 7 nitrogen and oxygen atoms in total. The van der Waals surface area contributed by atoms with Crippen molar-refractivity contribution in [3.05, 3.63) is 11.1 Å². The molecule has 1 saturated carbocycles. The fraction of sp³-hybridized carbons (Fsp3) is 0.545. The van der Waals surface area contributed by atoms with E-state index in [-0.39, 0.29) is 4.88 Å². The molecular weight excluding hydrogens is 298 g/mol. The van der Waals surface area contributed by atoms with Crippen LogP contribution in [-0.2, 0) is 0 Å². The molecule has 2 aromatic heterocycles. The van der Waals surface area contributed by atoms with E-state index in [0.717, 1.165) is 24.2 Å². The van der Waals surface area contributed by atoms with Crippen LogP contribution in [0, 0.1) is 0 Å². The van der Waals surface area contributed by atoms with Crippen LogP contribution < -0.4 is 0 Å². The second-order valence-corrected chi connectivity index (χ2v) is 6.84. The van der Waals surface area contributed by atoms with Crippen LogP contribution in [0.1, 0.15) is 47.8 Å². The van der Waals surface area contributed by atoms with E-state index >= 15 is 0 Å². The van der Waals surface area contributed by atoms with Gasteiger partial charge in [-0.1, -0.05) is 19.3 Å². The summed E-state index contributed by atoms with van der Waals surface area (Å²) in [5, 5.41) is 21.4. The monoisotopic (exact) mass is 311 g/mol. The van der Waals surface area contributed by atoms with Crippen LogP contribution in [0.3, 0.4) is 0 Å². The highest BCUT2D eigenvalue weighted by atomic mass is 32.2. The third-order valence-electron chi connectivity index (χ3n) is 3.26. The van der Waals surface area contributed by atoms with Gasteiger partial charge in [-0.3, -0.25) is 0 Å². The van der Waals surface area contributed by atoms with Crippen molar-refractivity contribution in [3.8, 4) is 0 Å². The Balaban J connectivity index is 1.76. The number of carboxylic acids is 1. The minimum Gasteiger partial charge on any atom is -0.477 e. The first-order valence-electron chi connectivity index (χ1n) is 6.39. The van der Waals surface area contributed by atoms with E-state index in [1.165, 1.54) is 37.2 Å². The molecule has 9 heteroatoms. The van der Waals surface area contributed by atoms with Crippen LogP contribution in [0.2, 0.25) is 0 Å². The molecule has 3 rings (SSSR count). The summed E-state index contributed by atoms with van der Waals surface area (Å²) in [6.45, 7) is 0. The summed E-state index contributed by atoms with van der Waals surface area (Å²) in [6.07, 6.45) is 7.23. The van der Waals surface area contributed by atoms with Gasteiger partial charge in [0.1, 0.15) is 4.88 Å². The van der Waals surface area contributed by atoms with E-state index in [1.54, 1.807) is 0 Å². The highest BCUT2D eigenvalue weighted by Gasteiger charge is 2.21. The number of aromatic carboxylic acids is 1. The van der Waals surface area contributed by atoms with Crippen molar-refractivity contribution < 1.29 is 9.90 Å². The summed E-state index contributed by atoms with van der Waals surface area (Å²) >= 11 is 2.46. The molecule has 0 spiro atoms. The van der Waals surface area contributed by atoms with Crippen LogP contribution in [-0.4, -0.2) is 36.3 Å². The minimum absolute atomic E-state index is 0.226. The zero-order chi connectivity index (χ0) is 13.9. The number of hydrogen-bond donors (Lipinski definition) is 1. The van der Waals surface area contributed by atoms with Gasteiger partial charge in [0.2, 0.25) is 5.16 Å². The first-order chi connectivity index (χ1) is 9.74. The van der Waals surface area contributed by atoms with Crippen molar-refractivity contribution in [3.63, 3.8) is 0 Å². The van der Waals surface area contributed by atoms with Crippen LogP contribution in [0.25, 0.3) is 0 Å². The van der Waals surface area contributed by atoms with Crippen molar-refractivity contribution in [2.45, 2.75) is 47.6 Å². The van der Waals surface area contributed by atoms with Gasteiger partial charge in [-0.2, -0.15) is 0 Å². The molecule has 1 fully saturated rings. The number of thiazole rings is 1. The van der Waals surface area contributed by atoms with Crippen LogP contribution in [0.5, 0.6) is 0 Å². The molecule has 0 bridgehead atoms. The third-order valence-corrected chi connectivity index (χ3v) is 5.27. The lowest BCUT2D eigenvalue weighted by Crippen LogP contribution is -2.15. The number of aromatic nitrogens is 5. The molecule has 0 atom stereocenters. The fourth-order valence-electron chi connectivity index (χ4n) is 2.29. The lowest BCUT2D eigenvalue weighted by molar-refractivity contribution is 0.0702. The van der Waals surface area contributed by atoms with E-state index in [4.69, 9.17) is 5.11 Å². The summed E-state index contributed by atoms with van der Waals surface area (Å²) in [5.74, 6) is -0.957. The number of carboxylic acid groups (broad SMARTS) is 1. The van der Waals surface area contributed by atoms with E-state index in [2.05, 4.69) is 20.5 Å². The number of tetrazole rings is 1. The average molecular weight is 311 g/mol. The van der Waals surface area contributed by atoms with Gasteiger partial charge in [-0.15, -0.1) is 16.4 Å². The quantitative estimate of drug-likeness (QED) is 0.927. The highest BCUT2D eigenvalue weighted by Crippen LogP contribution is 2.34. The largest absolute Gasteiger partial charge is 0.477 e. The fourth-order valence-corrected chi connectivity index (χ4v) is 4.05. The molecule has 20 heavy (non-hydrogen) atoms. The van der Waals surface area contributed by atoms with Gasteiger partial charge in [0.15, 0.2) is 4.34 Å². The maximum atomic E-state index is 10.8. The normalized spacial score (nSPS) is 16.4. The molecule has 1 aliphatic rings. The second kappa shape index (κ2) is 5.88. The van der Waals surface area contributed by atoms with Crippen LogP contribution in [0.4, 0.5) is 0 Å². The van der Waals surface area contributed by atoms with Gasteiger partial charge < -0.3 is 5.11 Å². The van der Waals surface area contributed by atoms with Crippen molar-refractivity contribution in [1.82, 2.24) is 25.2 Å². The third kappa shape index (κ3) is 2.83. The number of nitrogens with zero attached hydrogens (tertiary/aromatic N) is 5. The van der Waals surface area contributed by atoms with E-state index in [1.807, 2.05) is 4.68 Å². The minimum atomic E-state index is -0.957. The Bertz CT molecular complexity index is 605. The van der Waals surface area contributed by atoms with E-state index < -0.39 is 5.97 Å². The molecule has 0 aromatic carbocycles. The molecule has 2 heterocycles. The van der Waals surface area contributed by atoms with Gasteiger partial charge in [0, 0.05) is 0 Å². The van der Waals surface area contributed by atoms with Crippen molar-refractivity contribution in [1.29, 1.82) is 0 Å². The Morgan fingerprint density at radius 3 is 2.90 bits per heavy atom. The molecular formula is C11H13N5O2S2.